The van der Waals surface area contributed by atoms with Crippen molar-refractivity contribution >= 4 is 40.3 Å². The number of carbonyl (C=O) groups excluding carboxylic acids is 2. The van der Waals surface area contributed by atoms with Gasteiger partial charge in [0, 0.05) is 10.4 Å². The fourth-order valence-electron chi connectivity index (χ4n) is 3.82. The molecule has 1 aromatic heterocycles. The zero-order valence-corrected chi connectivity index (χ0v) is 20.8. The molecule has 7 heteroatoms. The molecule has 0 bridgehead atoms. The third kappa shape index (κ3) is 5.66. The summed E-state index contributed by atoms with van der Waals surface area (Å²) in [6.07, 6.45) is -0.576. The number of nitrogens with zero attached hydrogens (tertiary/aromatic N) is 1. The molecule has 0 aliphatic rings. The third-order valence-corrected chi connectivity index (χ3v) is 5.55. The molecule has 0 saturated heterocycles. The summed E-state index contributed by atoms with van der Waals surface area (Å²) in [6, 6.07) is 22.2. The number of halogens is 1. The number of nitrogens with one attached hydrogen (secondary N) is 1. The molecular weight excluding hydrogens is 464 g/mol. The van der Waals surface area contributed by atoms with Crippen LogP contribution in [-0.2, 0) is 16.1 Å². The molecule has 1 N–H and O–H groups in total. The summed E-state index contributed by atoms with van der Waals surface area (Å²) in [6.45, 7) is 7.44. The van der Waals surface area contributed by atoms with Crippen LogP contribution in [0, 0.1) is 6.92 Å². The monoisotopic (exact) mass is 490 g/mol. The predicted octanol–water partition coefficient (Wildman–Crippen LogP) is 7.30. The summed E-state index contributed by atoms with van der Waals surface area (Å²) in [5.41, 5.74) is 3.39. The topological polar surface area (TPSA) is 69.6 Å². The quantitative estimate of drug-likeness (QED) is 0.298. The Labute approximate surface area is 209 Å². The van der Waals surface area contributed by atoms with Crippen molar-refractivity contribution in [3.8, 4) is 5.69 Å². The first-order valence-corrected chi connectivity index (χ1v) is 11.6. The van der Waals surface area contributed by atoms with Gasteiger partial charge in [-0.2, -0.15) is 0 Å². The SMILES string of the molecule is Cc1cccc(NC(=O)OC(C)(C)C)c1-n1c(C(=O)OCc2ccc(Cl)cc2)cc2ccccc21. The number of hydrogen-bond donors (Lipinski definition) is 1. The molecule has 0 saturated carbocycles. The van der Waals surface area contributed by atoms with Gasteiger partial charge in [0.15, 0.2) is 0 Å². The van der Waals surface area contributed by atoms with Gasteiger partial charge in [-0.3, -0.25) is 5.32 Å². The van der Waals surface area contributed by atoms with Gasteiger partial charge in [0.1, 0.15) is 17.9 Å². The normalized spacial score (nSPS) is 11.3. The molecule has 0 radical (unpaired) electrons. The van der Waals surface area contributed by atoms with Gasteiger partial charge in [-0.15, -0.1) is 0 Å². The first kappa shape index (κ1) is 24.4. The maximum absolute atomic E-state index is 13.3. The second-order valence-corrected chi connectivity index (χ2v) is 9.66. The Morgan fingerprint density at radius 1 is 0.971 bits per heavy atom. The van der Waals surface area contributed by atoms with Crippen molar-refractivity contribution in [2.75, 3.05) is 5.32 Å². The summed E-state index contributed by atoms with van der Waals surface area (Å²) in [5.74, 6) is -0.484. The van der Waals surface area contributed by atoms with Crippen LogP contribution in [0.25, 0.3) is 16.6 Å². The summed E-state index contributed by atoms with van der Waals surface area (Å²) in [4.78, 5) is 25.9. The molecule has 0 aliphatic carbocycles. The van der Waals surface area contributed by atoms with Gasteiger partial charge < -0.3 is 14.0 Å². The van der Waals surface area contributed by atoms with Crippen molar-refractivity contribution in [3.05, 3.63) is 94.6 Å². The molecule has 6 nitrogen and oxygen atoms in total. The number of carbonyl (C=O) groups is 2. The van der Waals surface area contributed by atoms with E-state index in [0.29, 0.717) is 22.1 Å². The van der Waals surface area contributed by atoms with E-state index in [9.17, 15) is 9.59 Å². The standard InChI is InChI=1S/C28H27ClN2O4/c1-18-8-7-10-22(30-27(33)35-28(2,3)4)25(18)31-23-11-6-5-9-20(23)16-24(31)26(32)34-17-19-12-14-21(29)15-13-19/h5-16H,17H2,1-4H3,(H,30,33). The molecule has 0 aliphatic heterocycles. The van der Waals surface area contributed by atoms with Gasteiger partial charge >= 0.3 is 12.1 Å². The third-order valence-electron chi connectivity index (χ3n) is 5.30. The van der Waals surface area contributed by atoms with E-state index in [2.05, 4.69) is 5.32 Å². The summed E-state index contributed by atoms with van der Waals surface area (Å²) in [5, 5.41) is 4.33. The van der Waals surface area contributed by atoms with Gasteiger partial charge in [-0.25, -0.2) is 9.59 Å². The van der Waals surface area contributed by atoms with E-state index in [-0.39, 0.29) is 6.61 Å². The maximum Gasteiger partial charge on any atom is 0.412 e. The van der Waals surface area contributed by atoms with Gasteiger partial charge in [0.2, 0.25) is 0 Å². The lowest BCUT2D eigenvalue weighted by Crippen LogP contribution is -2.27. The van der Waals surface area contributed by atoms with Crippen LogP contribution in [0.1, 0.15) is 42.4 Å². The second kappa shape index (κ2) is 9.84. The van der Waals surface area contributed by atoms with Crippen LogP contribution < -0.4 is 5.32 Å². The number of fused-ring (bicyclic) bond motifs is 1. The predicted molar refractivity (Wildman–Crippen MR) is 138 cm³/mol. The van der Waals surface area contributed by atoms with E-state index in [1.54, 1.807) is 45.0 Å². The Balaban J connectivity index is 1.75. The molecule has 3 aromatic carbocycles. The fourth-order valence-corrected chi connectivity index (χ4v) is 3.95. The Hall–Kier alpha value is -3.77. The van der Waals surface area contributed by atoms with Crippen molar-refractivity contribution in [2.24, 2.45) is 0 Å². The highest BCUT2D eigenvalue weighted by atomic mass is 35.5. The molecule has 0 fully saturated rings. The van der Waals surface area contributed by atoms with Crippen LogP contribution in [-0.4, -0.2) is 22.2 Å². The Morgan fingerprint density at radius 3 is 2.40 bits per heavy atom. The van der Waals surface area contributed by atoms with E-state index in [0.717, 1.165) is 22.0 Å². The summed E-state index contributed by atoms with van der Waals surface area (Å²) < 4.78 is 12.9. The molecule has 0 unspecified atom stereocenters. The molecule has 35 heavy (non-hydrogen) atoms. The minimum absolute atomic E-state index is 0.105. The number of hydrogen-bond acceptors (Lipinski definition) is 4. The van der Waals surface area contributed by atoms with Crippen molar-refractivity contribution in [2.45, 2.75) is 39.9 Å². The molecule has 0 atom stereocenters. The first-order chi connectivity index (χ1) is 16.6. The summed E-state index contributed by atoms with van der Waals surface area (Å²) >= 11 is 5.96. The molecule has 1 amide bonds. The lowest BCUT2D eigenvalue weighted by Gasteiger charge is -2.22. The number of aryl methyl sites for hydroxylation is 1. The van der Waals surface area contributed by atoms with E-state index < -0.39 is 17.7 Å². The highest BCUT2D eigenvalue weighted by Gasteiger charge is 2.23. The first-order valence-electron chi connectivity index (χ1n) is 11.2. The molecular formula is C28H27ClN2O4. The average Bonchev–Trinajstić information content (AvgIpc) is 3.17. The number of para-hydroxylation sites is 2. The number of aromatic nitrogens is 1. The second-order valence-electron chi connectivity index (χ2n) is 9.22. The largest absolute Gasteiger partial charge is 0.456 e. The van der Waals surface area contributed by atoms with Crippen LogP contribution in [0.3, 0.4) is 0 Å². The van der Waals surface area contributed by atoms with E-state index >= 15 is 0 Å². The van der Waals surface area contributed by atoms with Crippen molar-refractivity contribution in [1.82, 2.24) is 4.57 Å². The minimum atomic E-state index is -0.648. The molecule has 0 spiro atoms. The highest BCUT2D eigenvalue weighted by Crippen LogP contribution is 2.32. The number of ether oxygens (including phenoxy) is 2. The van der Waals surface area contributed by atoms with Crippen molar-refractivity contribution in [3.63, 3.8) is 0 Å². The Morgan fingerprint density at radius 2 is 1.69 bits per heavy atom. The molecule has 1 heterocycles. The smallest absolute Gasteiger partial charge is 0.412 e. The van der Waals surface area contributed by atoms with Gasteiger partial charge in [-0.05, 0) is 69.2 Å². The maximum atomic E-state index is 13.3. The highest BCUT2D eigenvalue weighted by molar-refractivity contribution is 6.30. The Bertz CT molecular complexity index is 1380. The lowest BCUT2D eigenvalue weighted by atomic mass is 10.1. The zero-order chi connectivity index (χ0) is 25.2. The van der Waals surface area contributed by atoms with Crippen molar-refractivity contribution in [1.29, 1.82) is 0 Å². The minimum Gasteiger partial charge on any atom is -0.456 e. The average molecular weight is 491 g/mol. The van der Waals surface area contributed by atoms with E-state index in [1.807, 2.05) is 60.0 Å². The van der Waals surface area contributed by atoms with Crippen LogP contribution in [0.15, 0.2) is 72.8 Å². The van der Waals surface area contributed by atoms with Gasteiger partial charge in [0.05, 0.1) is 16.9 Å². The number of anilines is 1. The number of rotatable bonds is 5. The zero-order valence-electron chi connectivity index (χ0n) is 20.1. The molecule has 4 rings (SSSR count). The van der Waals surface area contributed by atoms with Crippen molar-refractivity contribution < 1.29 is 19.1 Å². The van der Waals surface area contributed by atoms with E-state index in [1.165, 1.54) is 0 Å². The number of benzene rings is 3. The number of amides is 1. The van der Waals surface area contributed by atoms with Gasteiger partial charge in [-0.1, -0.05) is 54.1 Å². The number of esters is 1. The fraction of sp³-hybridized carbons (Fsp3) is 0.214. The molecule has 4 aromatic rings. The molecule has 180 valence electrons. The van der Waals surface area contributed by atoms with Crippen LogP contribution in [0.2, 0.25) is 5.02 Å². The van der Waals surface area contributed by atoms with Crippen LogP contribution in [0.5, 0.6) is 0 Å². The summed E-state index contributed by atoms with van der Waals surface area (Å²) in [7, 11) is 0. The van der Waals surface area contributed by atoms with Crippen LogP contribution >= 0.6 is 11.6 Å². The lowest BCUT2D eigenvalue weighted by molar-refractivity contribution is 0.0463. The Kier molecular flexibility index (Phi) is 6.85. The van der Waals surface area contributed by atoms with Gasteiger partial charge in [0.25, 0.3) is 0 Å². The van der Waals surface area contributed by atoms with Crippen LogP contribution in [0.4, 0.5) is 10.5 Å². The van der Waals surface area contributed by atoms with E-state index in [4.69, 9.17) is 21.1 Å².